The Bertz CT molecular complexity index is 2320. The largest absolute Gasteiger partial charge is 0.481 e. The second kappa shape index (κ2) is 18.3. The normalized spacial score (nSPS) is 18.0. The lowest BCUT2D eigenvalue weighted by atomic mass is 9.91. The van der Waals surface area contributed by atoms with Gasteiger partial charge in [0.1, 0.15) is 25.4 Å². The van der Waals surface area contributed by atoms with Gasteiger partial charge in [0, 0.05) is 18.3 Å². The number of nitrogens with one attached hydrogen (secondary N) is 2. The zero-order valence-electron chi connectivity index (χ0n) is 35.0. The van der Waals surface area contributed by atoms with E-state index in [1.807, 2.05) is 109 Å². The van der Waals surface area contributed by atoms with E-state index in [0.29, 0.717) is 12.8 Å². The molecule has 4 atom stereocenters. The van der Waals surface area contributed by atoms with Gasteiger partial charge in [-0.15, -0.1) is 0 Å². The molecule has 6 aromatic carbocycles. The van der Waals surface area contributed by atoms with Crippen molar-refractivity contribution in [3.05, 3.63) is 191 Å². The van der Waals surface area contributed by atoms with Crippen molar-refractivity contribution >= 4 is 18.2 Å². The molecule has 10 heteroatoms. The maximum atomic E-state index is 14.1. The van der Waals surface area contributed by atoms with Crippen LogP contribution in [0.5, 0.6) is 0 Å². The highest BCUT2D eigenvalue weighted by Crippen LogP contribution is 2.46. The van der Waals surface area contributed by atoms with Gasteiger partial charge in [-0.2, -0.15) is 0 Å². The number of hydrogen-bond acceptors (Lipinski definition) is 7. The van der Waals surface area contributed by atoms with Crippen LogP contribution in [0.1, 0.15) is 65.0 Å². The lowest BCUT2D eigenvalue weighted by Gasteiger charge is -2.32. The van der Waals surface area contributed by atoms with Crippen LogP contribution in [0, 0.1) is 0 Å². The molecule has 3 N–H and O–H groups in total. The van der Waals surface area contributed by atoms with Gasteiger partial charge in [0.25, 0.3) is 0 Å². The highest BCUT2D eigenvalue weighted by molar-refractivity contribution is 5.80. The lowest BCUT2D eigenvalue weighted by Crippen LogP contribution is -2.56. The van der Waals surface area contributed by atoms with Crippen molar-refractivity contribution in [2.75, 3.05) is 13.2 Å². The van der Waals surface area contributed by atoms with Gasteiger partial charge in [-0.3, -0.25) is 4.79 Å². The molecule has 2 amide bonds. The van der Waals surface area contributed by atoms with E-state index in [-0.39, 0.29) is 37.9 Å². The number of hydrogen-bond donors (Lipinski definition) is 3. The van der Waals surface area contributed by atoms with Crippen molar-refractivity contribution in [3.63, 3.8) is 0 Å². The van der Waals surface area contributed by atoms with Gasteiger partial charge in [-0.05, 0) is 75.4 Å². The van der Waals surface area contributed by atoms with E-state index in [4.69, 9.17) is 18.9 Å². The number of carboxylic acids is 1. The molecule has 9 rings (SSSR count). The number of alkyl carbamates (subject to hydrolysis) is 2. The van der Waals surface area contributed by atoms with Crippen molar-refractivity contribution in [2.45, 2.75) is 74.5 Å². The first-order chi connectivity index (χ1) is 30.7. The topological polar surface area (TPSA) is 132 Å². The molecule has 320 valence electrons. The first-order valence-corrected chi connectivity index (χ1v) is 21.6. The summed E-state index contributed by atoms with van der Waals surface area (Å²) in [6, 6.07) is 50.6. The predicted molar refractivity (Wildman–Crippen MR) is 239 cm³/mol. The Hall–Kier alpha value is -6.75. The van der Waals surface area contributed by atoms with E-state index >= 15 is 0 Å². The average Bonchev–Trinajstić information content (AvgIpc) is 3.94. The van der Waals surface area contributed by atoms with Crippen molar-refractivity contribution in [1.82, 2.24) is 10.6 Å². The molecule has 0 bridgehead atoms. The Kier molecular flexibility index (Phi) is 12.1. The van der Waals surface area contributed by atoms with Crippen molar-refractivity contribution in [1.29, 1.82) is 0 Å². The van der Waals surface area contributed by atoms with Gasteiger partial charge in [0.15, 0.2) is 5.79 Å². The fourth-order valence-electron chi connectivity index (χ4n) is 9.63. The number of carbonyl (C=O) groups is 3. The van der Waals surface area contributed by atoms with E-state index < -0.39 is 48.2 Å². The highest BCUT2D eigenvalue weighted by Gasteiger charge is 2.51. The Labute approximate surface area is 367 Å². The summed E-state index contributed by atoms with van der Waals surface area (Å²) in [6.07, 6.45) is -2.55. The van der Waals surface area contributed by atoms with Gasteiger partial charge < -0.3 is 34.7 Å². The number of amides is 2. The van der Waals surface area contributed by atoms with Crippen LogP contribution < -0.4 is 10.6 Å². The Morgan fingerprint density at radius 3 is 1.22 bits per heavy atom. The van der Waals surface area contributed by atoms with Crippen LogP contribution in [0.4, 0.5) is 9.59 Å². The van der Waals surface area contributed by atoms with Crippen LogP contribution in [0.15, 0.2) is 158 Å². The van der Waals surface area contributed by atoms with E-state index in [1.165, 1.54) is 0 Å². The number of ether oxygens (including phenoxy) is 4. The summed E-state index contributed by atoms with van der Waals surface area (Å²) in [5.74, 6) is -2.67. The number of carbonyl (C=O) groups excluding carboxylic acids is 2. The molecule has 0 unspecified atom stereocenters. The molecule has 3 aliphatic rings. The molecule has 0 aromatic heterocycles. The maximum absolute atomic E-state index is 14.1. The minimum Gasteiger partial charge on any atom is -0.481 e. The molecule has 1 aliphatic heterocycles. The minimum absolute atomic E-state index is 0.0291. The molecule has 1 heterocycles. The molecule has 1 saturated heterocycles. The van der Waals surface area contributed by atoms with E-state index in [1.54, 1.807) is 6.92 Å². The van der Waals surface area contributed by atoms with Crippen molar-refractivity contribution < 1.29 is 38.4 Å². The molecule has 0 spiro atoms. The van der Waals surface area contributed by atoms with Gasteiger partial charge in [0.05, 0.1) is 18.5 Å². The molecule has 0 radical (unpaired) electrons. The van der Waals surface area contributed by atoms with Gasteiger partial charge >= 0.3 is 18.2 Å². The van der Waals surface area contributed by atoms with Crippen LogP contribution >= 0.6 is 0 Å². The van der Waals surface area contributed by atoms with E-state index in [2.05, 4.69) is 59.2 Å². The van der Waals surface area contributed by atoms with Crippen LogP contribution in [-0.4, -0.2) is 66.6 Å². The van der Waals surface area contributed by atoms with Gasteiger partial charge in [0.2, 0.25) is 0 Å². The number of carboxylic acid groups (broad SMARTS) is 1. The molecule has 10 nitrogen and oxygen atoms in total. The number of fused-ring (bicyclic) bond motifs is 6. The van der Waals surface area contributed by atoms with Crippen LogP contribution in [0.25, 0.3) is 22.3 Å². The van der Waals surface area contributed by atoms with Crippen LogP contribution in [-0.2, 0) is 36.6 Å². The Balaban J connectivity index is 0.995. The summed E-state index contributed by atoms with van der Waals surface area (Å²) >= 11 is 0. The molecule has 1 fully saturated rings. The molecule has 0 saturated carbocycles. The summed E-state index contributed by atoms with van der Waals surface area (Å²) in [6.45, 7) is 1.93. The number of benzene rings is 6. The first-order valence-electron chi connectivity index (χ1n) is 21.6. The third kappa shape index (κ3) is 9.09. The van der Waals surface area contributed by atoms with E-state index in [0.717, 1.165) is 55.6 Å². The molecule has 63 heavy (non-hydrogen) atoms. The second-order valence-electron chi connectivity index (χ2n) is 16.7. The smallest absolute Gasteiger partial charge is 0.407 e. The summed E-state index contributed by atoms with van der Waals surface area (Å²) in [4.78, 5) is 40.1. The SMILES string of the molecule is CC1(CCC(=O)O)O[C@H]([C@H](Cc2ccccc2)NC(=O)OCC2c3ccccc3-c3ccccc32)[C@@H]([C@H](Cc2ccccc2)NC(=O)OCC2c3ccccc3-c3ccccc32)O1. The fraction of sp³-hybridized carbons (Fsp3) is 0.264. The van der Waals surface area contributed by atoms with E-state index in [9.17, 15) is 19.5 Å². The second-order valence-corrected chi connectivity index (χ2v) is 16.7. The third-order valence-electron chi connectivity index (χ3n) is 12.6. The molecular formula is C53H50N2O8. The lowest BCUT2D eigenvalue weighted by molar-refractivity contribution is -0.174. The molecule has 2 aliphatic carbocycles. The zero-order valence-corrected chi connectivity index (χ0v) is 35.0. The quantitative estimate of drug-likeness (QED) is 0.0932. The van der Waals surface area contributed by atoms with Crippen LogP contribution in [0.3, 0.4) is 0 Å². The van der Waals surface area contributed by atoms with Gasteiger partial charge in [-0.1, -0.05) is 158 Å². The first kappa shape index (κ1) is 41.6. The summed E-state index contributed by atoms with van der Waals surface area (Å²) in [7, 11) is 0. The van der Waals surface area contributed by atoms with Crippen LogP contribution in [0.2, 0.25) is 0 Å². The number of rotatable bonds is 15. The minimum atomic E-state index is -1.37. The summed E-state index contributed by atoms with van der Waals surface area (Å²) < 4.78 is 25.7. The standard InChI is InChI=1S/C53H50N2O8/c1-53(29-28-48(56)57)62-49(46(30-34-16-4-2-5-17-34)54-51(58)60-32-44-40-24-12-8-20-36(40)37-21-9-13-25-41(37)44)50(63-53)47(31-35-18-6-3-7-19-35)55-52(59)61-33-45-42-26-14-10-22-38(42)39-23-11-15-27-43(39)45/h2-27,44-47,49-50H,28-33H2,1H3,(H,54,58)(H,55,59)(H,56,57)/t46-,47-,49+,50+/m0/s1. The molecule has 6 aromatic rings. The maximum Gasteiger partial charge on any atom is 0.407 e. The summed E-state index contributed by atoms with van der Waals surface area (Å²) in [5.41, 5.74) is 10.7. The number of aliphatic carboxylic acids is 1. The van der Waals surface area contributed by atoms with Crippen molar-refractivity contribution in [3.8, 4) is 22.3 Å². The zero-order chi connectivity index (χ0) is 43.3. The average molecular weight is 843 g/mol. The third-order valence-corrected chi connectivity index (χ3v) is 12.6. The van der Waals surface area contributed by atoms with Gasteiger partial charge in [-0.25, -0.2) is 9.59 Å². The predicted octanol–water partition coefficient (Wildman–Crippen LogP) is 9.65. The molecular weight excluding hydrogens is 793 g/mol. The van der Waals surface area contributed by atoms with Crippen molar-refractivity contribution in [2.24, 2.45) is 0 Å². The Morgan fingerprint density at radius 2 is 0.873 bits per heavy atom. The summed E-state index contributed by atoms with van der Waals surface area (Å²) in [5, 5.41) is 16.0. The fourth-order valence-corrected chi connectivity index (χ4v) is 9.63. The monoisotopic (exact) mass is 842 g/mol. The highest BCUT2D eigenvalue weighted by atomic mass is 16.8. The Morgan fingerprint density at radius 1 is 0.540 bits per heavy atom.